The number of rotatable bonds is 6. The fourth-order valence-corrected chi connectivity index (χ4v) is 3.74. The number of nitrogens with zero attached hydrogens (tertiary/aromatic N) is 1. The van der Waals surface area contributed by atoms with Crippen LogP contribution in [0.5, 0.6) is 0 Å². The normalized spacial score (nSPS) is 18.6. The summed E-state index contributed by atoms with van der Waals surface area (Å²) >= 11 is 5.92. The van der Waals surface area contributed by atoms with E-state index in [-0.39, 0.29) is 18.2 Å². The fraction of sp³-hybridized carbons (Fsp3) is 0.455. The van der Waals surface area contributed by atoms with Crippen molar-refractivity contribution in [3.63, 3.8) is 0 Å². The Balaban J connectivity index is 1.50. The standard InChI is InChI=1S/C22H26ClF3N2O/c1-21(29,17-3-2-4-18(13-17)22(24,25)26)15-27-20-9-11-28(12-10-20)14-16-5-7-19(23)8-6-16/h2-8,13,20,27,29H,9-12,14-15H2,1H3. The molecule has 0 aromatic heterocycles. The molecule has 0 bridgehead atoms. The summed E-state index contributed by atoms with van der Waals surface area (Å²) in [5.41, 5.74) is -0.638. The Labute approximate surface area is 174 Å². The van der Waals surface area contributed by atoms with Crippen molar-refractivity contribution >= 4 is 11.6 Å². The van der Waals surface area contributed by atoms with Crippen LogP contribution < -0.4 is 5.32 Å². The number of halogens is 4. The van der Waals surface area contributed by atoms with E-state index in [0.29, 0.717) is 0 Å². The second-order valence-electron chi connectivity index (χ2n) is 7.91. The summed E-state index contributed by atoms with van der Waals surface area (Å²) < 4.78 is 38.8. The van der Waals surface area contributed by atoms with Gasteiger partial charge in [-0.2, -0.15) is 13.2 Å². The number of likely N-dealkylation sites (tertiary alicyclic amines) is 1. The van der Waals surface area contributed by atoms with Gasteiger partial charge in [0.15, 0.2) is 0 Å². The van der Waals surface area contributed by atoms with E-state index in [2.05, 4.69) is 10.2 Å². The van der Waals surface area contributed by atoms with Crippen LogP contribution in [0.1, 0.15) is 36.5 Å². The third-order valence-corrected chi connectivity index (χ3v) is 5.71. The molecule has 1 heterocycles. The Bertz CT molecular complexity index is 800. The Kier molecular flexibility index (Phi) is 6.89. The molecule has 0 radical (unpaired) electrons. The Morgan fingerprint density at radius 3 is 2.31 bits per heavy atom. The maximum Gasteiger partial charge on any atom is 0.416 e. The molecule has 1 aliphatic rings. The Morgan fingerprint density at radius 2 is 1.69 bits per heavy atom. The number of benzene rings is 2. The lowest BCUT2D eigenvalue weighted by molar-refractivity contribution is -0.137. The van der Waals surface area contributed by atoms with Gasteiger partial charge in [-0.05, 0) is 68.2 Å². The van der Waals surface area contributed by atoms with Crippen LogP contribution in [0, 0.1) is 0 Å². The van der Waals surface area contributed by atoms with Gasteiger partial charge in [0.1, 0.15) is 0 Å². The van der Waals surface area contributed by atoms with Gasteiger partial charge in [-0.1, -0.05) is 35.9 Å². The molecule has 1 aliphatic heterocycles. The predicted molar refractivity (Wildman–Crippen MR) is 109 cm³/mol. The van der Waals surface area contributed by atoms with Gasteiger partial charge in [0.2, 0.25) is 0 Å². The molecule has 158 valence electrons. The lowest BCUT2D eigenvalue weighted by Crippen LogP contribution is -2.46. The minimum Gasteiger partial charge on any atom is -0.384 e. The molecule has 1 unspecified atom stereocenters. The van der Waals surface area contributed by atoms with Crippen molar-refractivity contribution in [3.8, 4) is 0 Å². The van der Waals surface area contributed by atoms with Gasteiger partial charge < -0.3 is 10.4 Å². The molecule has 0 saturated carbocycles. The van der Waals surface area contributed by atoms with Gasteiger partial charge in [-0.15, -0.1) is 0 Å². The van der Waals surface area contributed by atoms with Crippen LogP contribution in [0.4, 0.5) is 13.2 Å². The van der Waals surface area contributed by atoms with Crippen LogP contribution in [0.3, 0.4) is 0 Å². The van der Waals surface area contributed by atoms with Gasteiger partial charge in [0, 0.05) is 24.2 Å². The molecule has 2 aromatic rings. The van der Waals surface area contributed by atoms with Crippen molar-refractivity contribution in [1.82, 2.24) is 10.2 Å². The van der Waals surface area contributed by atoms with E-state index in [1.165, 1.54) is 17.7 Å². The van der Waals surface area contributed by atoms with Gasteiger partial charge in [-0.3, -0.25) is 4.90 Å². The quantitative estimate of drug-likeness (QED) is 0.695. The van der Waals surface area contributed by atoms with Crippen molar-refractivity contribution in [3.05, 3.63) is 70.2 Å². The van der Waals surface area contributed by atoms with Gasteiger partial charge >= 0.3 is 6.18 Å². The number of nitrogens with one attached hydrogen (secondary N) is 1. The highest BCUT2D eigenvalue weighted by Gasteiger charge is 2.33. The summed E-state index contributed by atoms with van der Waals surface area (Å²) in [5, 5.41) is 14.8. The van der Waals surface area contributed by atoms with Gasteiger partial charge in [0.05, 0.1) is 11.2 Å². The zero-order valence-corrected chi connectivity index (χ0v) is 17.1. The summed E-state index contributed by atoms with van der Waals surface area (Å²) in [6.45, 7) is 4.46. The van der Waals surface area contributed by atoms with E-state index < -0.39 is 17.3 Å². The third-order valence-electron chi connectivity index (χ3n) is 5.45. The number of hydrogen-bond donors (Lipinski definition) is 2. The molecular weight excluding hydrogens is 401 g/mol. The van der Waals surface area contributed by atoms with Crippen molar-refractivity contribution in [2.45, 2.75) is 44.1 Å². The largest absolute Gasteiger partial charge is 0.416 e. The summed E-state index contributed by atoms with van der Waals surface area (Å²) in [4.78, 5) is 2.37. The molecule has 2 N–H and O–H groups in total. The Morgan fingerprint density at radius 1 is 1.07 bits per heavy atom. The molecule has 29 heavy (non-hydrogen) atoms. The van der Waals surface area contributed by atoms with E-state index in [1.807, 2.05) is 24.3 Å². The highest BCUT2D eigenvalue weighted by Crippen LogP contribution is 2.32. The molecule has 1 fully saturated rings. The molecule has 2 aromatic carbocycles. The topological polar surface area (TPSA) is 35.5 Å². The van der Waals surface area contributed by atoms with E-state index in [0.717, 1.165) is 49.6 Å². The van der Waals surface area contributed by atoms with Crippen molar-refractivity contribution < 1.29 is 18.3 Å². The van der Waals surface area contributed by atoms with E-state index >= 15 is 0 Å². The van der Waals surface area contributed by atoms with Crippen LogP contribution in [0.2, 0.25) is 5.02 Å². The maximum absolute atomic E-state index is 12.9. The highest BCUT2D eigenvalue weighted by atomic mass is 35.5. The zero-order chi connectivity index (χ0) is 21.1. The van der Waals surface area contributed by atoms with Crippen LogP contribution in [-0.2, 0) is 18.3 Å². The van der Waals surface area contributed by atoms with Crippen LogP contribution in [0.25, 0.3) is 0 Å². The average molecular weight is 427 g/mol. The molecule has 0 aliphatic carbocycles. The van der Waals surface area contributed by atoms with Crippen LogP contribution >= 0.6 is 11.6 Å². The van der Waals surface area contributed by atoms with Crippen LogP contribution in [-0.4, -0.2) is 35.7 Å². The second kappa shape index (κ2) is 9.04. The number of piperidine rings is 1. The lowest BCUT2D eigenvalue weighted by atomic mass is 9.93. The molecule has 1 saturated heterocycles. The average Bonchev–Trinajstić information content (AvgIpc) is 2.69. The summed E-state index contributed by atoms with van der Waals surface area (Å²) in [5.74, 6) is 0. The molecule has 0 amide bonds. The highest BCUT2D eigenvalue weighted by molar-refractivity contribution is 6.30. The number of aliphatic hydroxyl groups is 1. The summed E-state index contributed by atoms with van der Waals surface area (Å²) in [6, 6.07) is 13.0. The molecule has 1 atom stereocenters. The van der Waals surface area contributed by atoms with Crippen molar-refractivity contribution in [1.29, 1.82) is 0 Å². The number of alkyl halides is 3. The van der Waals surface area contributed by atoms with Crippen molar-refractivity contribution in [2.75, 3.05) is 19.6 Å². The molecular formula is C22H26ClF3N2O. The van der Waals surface area contributed by atoms with Gasteiger partial charge in [0.25, 0.3) is 0 Å². The predicted octanol–water partition coefficient (Wildman–Crippen LogP) is 4.82. The number of hydrogen-bond acceptors (Lipinski definition) is 3. The lowest BCUT2D eigenvalue weighted by Gasteiger charge is -2.34. The minimum absolute atomic E-state index is 0.205. The molecule has 3 rings (SSSR count). The fourth-order valence-electron chi connectivity index (χ4n) is 3.62. The van der Waals surface area contributed by atoms with Crippen LogP contribution in [0.15, 0.2) is 48.5 Å². The summed E-state index contributed by atoms with van der Waals surface area (Å²) in [6.07, 6.45) is -2.57. The molecule has 0 spiro atoms. The second-order valence-corrected chi connectivity index (χ2v) is 8.35. The minimum atomic E-state index is -4.42. The van der Waals surface area contributed by atoms with Crippen molar-refractivity contribution in [2.24, 2.45) is 0 Å². The van der Waals surface area contributed by atoms with E-state index in [9.17, 15) is 18.3 Å². The zero-order valence-electron chi connectivity index (χ0n) is 16.3. The first-order chi connectivity index (χ1) is 13.6. The first kappa shape index (κ1) is 22.1. The third kappa shape index (κ3) is 6.19. The monoisotopic (exact) mass is 426 g/mol. The Hall–Kier alpha value is -1.60. The summed E-state index contributed by atoms with van der Waals surface area (Å²) in [7, 11) is 0. The van der Waals surface area contributed by atoms with E-state index in [1.54, 1.807) is 6.92 Å². The van der Waals surface area contributed by atoms with Gasteiger partial charge in [-0.25, -0.2) is 0 Å². The smallest absolute Gasteiger partial charge is 0.384 e. The molecule has 3 nitrogen and oxygen atoms in total. The first-order valence-electron chi connectivity index (χ1n) is 9.74. The first-order valence-corrected chi connectivity index (χ1v) is 10.1. The SMILES string of the molecule is CC(O)(CNC1CCN(Cc2ccc(Cl)cc2)CC1)c1cccc(C(F)(F)F)c1. The maximum atomic E-state index is 12.9. The molecule has 7 heteroatoms. The van der Waals surface area contributed by atoms with E-state index in [4.69, 9.17) is 11.6 Å².